The van der Waals surface area contributed by atoms with Gasteiger partial charge in [0, 0.05) is 31.9 Å². The Labute approximate surface area is 104 Å². The van der Waals surface area contributed by atoms with E-state index in [2.05, 4.69) is 10.3 Å². The van der Waals surface area contributed by atoms with Crippen molar-refractivity contribution < 1.29 is 9.66 Å². The van der Waals surface area contributed by atoms with Crippen molar-refractivity contribution in [1.29, 1.82) is 0 Å². The van der Waals surface area contributed by atoms with Crippen LogP contribution in [-0.2, 0) is 6.54 Å². The number of hydrogen-bond donors (Lipinski definition) is 1. The van der Waals surface area contributed by atoms with Gasteiger partial charge in [-0.2, -0.15) is 0 Å². The second-order valence-electron chi connectivity index (χ2n) is 3.86. The minimum absolute atomic E-state index is 0.451. The molecule has 0 spiro atoms. The molecule has 7 nitrogen and oxygen atoms in total. The van der Waals surface area contributed by atoms with Gasteiger partial charge in [0.05, 0.1) is 12.0 Å². The summed E-state index contributed by atoms with van der Waals surface area (Å²) in [6.45, 7) is 2.04. The van der Waals surface area contributed by atoms with Gasteiger partial charge in [0.15, 0.2) is 5.82 Å². The molecular formula is C11H14N4O3. The molecule has 1 saturated heterocycles. The number of nitrogens with zero attached hydrogens (tertiary/aromatic N) is 3. The minimum atomic E-state index is -0.451. The number of nitro groups is 1. The first-order valence-corrected chi connectivity index (χ1v) is 5.52. The Morgan fingerprint density at radius 3 is 3.11 bits per heavy atom. The van der Waals surface area contributed by atoms with Crippen molar-refractivity contribution in [3.05, 3.63) is 46.0 Å². The molecule has 7 heteroatoms. The Morgan fingerprint density at radius 2 is 2.50 bits per heavy atom. The third-order valence-corrected chi connectivity index (χ3v) is 2.64. The maximum absolute atomic E-state index is 10.5. The number of rotatable bonds is 4. The van der Waals surface area contributed by atoms with Gasteiger partial charge in [0.1, 0.15) is 0 Å². The molecule has 0 atom stereocenters. The Kier molecular flexibility index (Phi) is 3.61. The first kappa shape index (κ1) is 12.2. The van der Waals surface area contributed by atoms with Crippen molar-refractivity contribution in [3.8, 4) is 5.88 Å². The topological polar surface area (TPSA) is 80.5 Å². The quantitative estimate of drug-likeness (QED) is 0.621. The van der Waals surface area contributed by atoms with Gasteiger partial charge in [-0.05, 0) is 5.56 Å². The van der Waals surface area contributed by atoms with E-state index in [1.807, 2.05) is 11.0 Å². The Balaban J connectivity index is 2.05. The van der Waals surface area contributed by atoms with Crippen LogP contribution in [0.15, 0.2) is 30.4 Å². The molecule has 1 aromatic heterocycles. The van der Waals surface area contributed by atoms with E-state index in [-0.39, 0.29) is 0 Å². The summed E-state index contributed by atoms with van der Waals surface area (Å²) >= 11 is 0. The molecule has 0 radical (unpaired) electrons. The van der Waals surface area contributed by atoms with Gasteiger partial charge in [0.25, 0.3) is 6.20 Å². The largest absolute Gasteiger partial charge is 0.481 e. The Morgan fingerprint density at radius 1 is 1.67 bits per heavy atom. The second kappa shape index (κ2) is 5.35. The molecule has 1 aromatic rings. The third kappa shape index (κ3) is 2.88. The van der Waals surface area contributed by atoms with Gasteiger partial charge in [-0.3, -0.25) is 10.1 Å². The van der Waals surface area contributed by atoms with Gasteiger partial charge >= 0.3 is 0 Å². The highest BCUT2D eigenvalue weighted by molar-refractivity contribution is 5.18. The van der Waals surface area contributed by atoms with E-state index >= 15 is 0 Å². The molecule has 0 bridgehead atoms. The predicted molar refractivity (Wildman–Crippen MR) is 64.3 cm³/mol. The minimum Gasteiger partial charge on any atom is -0.481 e. The van der Waals surface area contributed by atoms with Crippen molar-refractivity contribution in [3.63, 3.8) is 0 Å². The lowest BCUT2D eigenvalue weighted by molar-refractivity contribution is -0.404. The number of ether oxygens (including phenoxy) is 1. The Hall–Kier alpha value is -2.31. The van der Waals surface area contributed by atoms with Crippen LogP contribution in [0.1, 0.15) is 5.56 Å². The van der Waals surface area contributed by atoms with Crippen LogP contribution in [0.2, 0.25) is 0 Å². The summed E-state index contributed by atoms with van der Waals surface area (Å²) in [6, 6.07) is 3.67. The van der Waals surface area contributed by atoms with Gasteiger partial charge in [-0.1, -0.05) is 6.07 Å². The molecule has 2 heterocycles. The summed E-state index contributed by atoms with van der Waals surface area (Å²) in [5.41, 5.74) is 0.980. The highest BCUT2D eigenvalue weighted by Gasteiger charge is 2.19. The lowest BCUT2D eigenvalue weighted by Crippen LogP contribution is -2.20. The summed E-state index contributed by atoms with van der Waals surface area (Å²) in [6.07, 6.45) is 2.70. The van der Waals surface area contributed by atoms with Gasteiger partial charge in [0.2, 0.25) is 5.88 Å². The number of methoxy groups -OCH3 is 1. The van der Waals surface area contributed by atoms with Crippen LogP contribution in [0, 0.1) is 10.1 Å². The lowest BCUT2D eigenvalue weighted by atomic mass is 10.2. The van der Waals surface area contributed by atoms with Gasteiger partial charge in [-0.25, -0.2) is 4.98 Å². The van der Waals surface area contributed by atoms with Crippen molar-refractivity contribution in [2.24, 2.45) is 0 Å². The summed E-state index contributed by atoms with van der Waals surface area (Å²) in [5, 5.41) is 13.5. The zero-order valence-corrected chi connectivity index (χ0v) is 10.00. The molecule has 1 aliphatic heterocycles. The first-order valence-electron chi connectivity index (χ1n) is 5.52. The van der Waals surface area contributed by atoms with E-state index in [0.717, 1.165) is 18.3 Å². The van der Waals surface area contributed by atoms with E-state index < -0.39 is 4.92 Å². The molecule has 1 fully saturated rings. The van der Waals surface area contributed by atoms with Crippen molar-refractivity contribution >= 4 is 0 Å². The highest BCUT2D eigenvalue weighted by Crippen LogP contribution is 2.14. The molecular weight excluding hydrogens is 236 g/mol. The third-order valence-electron chi connectivity index (χ3n) is 2.64. The van der Waals surface area contributed by atoms with Crippen LogP contribution in [0.25, 0.3) is 0 Å². The van der Waals surface area contributed by atoms with E-state index in [1.54, 1.807) is 19.4 Å². The molecule has 1 N–H and O–H groups in total. The predicted octanol–water partition coefficient (Wildman–Crippen LogP) is 0.571. The van der Waals surface area contributed by atoms with Gasteiger partial charge in [-0.15, -0.1) is 0 Å². The van der Waals surface area contributed by atoms with Crippen LogP contribution in [0.5, 0.6) is 5.88 Å². The Bertz CT molecular complexity index is 458. The van der Waals surface area contributed by atoms with E-state index in [0.29, 0.717) is 24.8 Å². The monoisotopic (exact) mass is 250 g/mol. The number of nitrogens with one attached hydrogen (secondary N) is 1. The molecule has 0 aliphatic carbocycles. The second-order valence-corrected chi connectivity index (χ2v) is 3.86. The molecule has 1 aliphatic rings. The summed E-state index contributed by atoms with van der Waals surface area (Å²) < 4.78 is 4.98. The fraction of sp³-hybridized carbons (Fsp3) is 0.364. The van der Waals surface area contributed by atoms with Gasteiger partial charge < -0.3 is 15.0 Å². The smallest absolute Gasteiger partial charge is 0.274 e. The molecule has 96 valence electrons. The summed E-state index contributed by atoms with van der Waals surface area (Å²) in [4.78, 5) is 16.0. The van der Waals surface area contributed by atoms with Crippen LogP contribution in [0.3, 0.4) is 0 Å². The van der Waals surface area contributed by atoms with E-state index in [1.165, 1.54) is 0 Å². The van der Waals surface area contributed by atoms with Crippen LogP contribution in [0.4, 0.5) is 0 Å². The molecule has 18 heavy (non-hydrogen) atoms. The summed E-state index contributed by atoms with van der Waals surface area (Å²) in [7, 11) is 1.56. The summed E-state index contributed by atoms with van der Waals surface area (Å²) in [5.74, 6) is 1.09. The lowest BCUT2D eigenvalue weighted by Gasteiger charge is -2.16. The fourth-order valence-electron chi connectivity index (χ4n) is 1.79. The van der Waals surface area contributed by atoms with Crippen LogP contribution < -0.4 is 10.1 Å². The number of pyridine rings is 1. The standard InChI is InChI=1S/C11H14N4O3/c1-18-11-3-2-9(6-13-11)7-14-5-4-12-10(14)8-15(16)17/h2-3,6,8,12H,4-5,7H2,1H3/b10-8+. The van der Waals surface area contributed by atoms with E-state index in [9.17, 15) is 10.1 Å². The fourth-order valence-corrected chi connectivity index (χ4v) is 1.79. The number of hydrogen-bond acceptors (Lipinski definition) is 6. The average Bonchev–Trinajstić information content (AvgIpc) is 2.77. The van der Waals surface area contributed by atoms with Crippen molar-refractivity contribution in [2.75, 3.05) is 20.2 Å². The van der Waals surface area contributed by atoms with Crippen molar-refractivity contribution in [1.82, 2.24) is 15.2 Å². The van der Waals surface area contributed by atoms with E-state index in [4.69, 9.17) is 4.74 Å². The molecule has 2 rings (SSSR count). The number of aromatic nitrogens is 1. The molecule has 0 saturated carbocycles. The van der Waals surface area contributed by atoms with Crippen LogP contribution >= 0.6 is 0 Å². The molecule has 0 amide bonds. The average molecular weight is 250 g/mol. The normalized spacial score (nSPS) is 16.7. The maximum Gasteiger partial charge on any atom is 0.274 e. The van der Waals surface area contributed by atoms with Crippen LogP contribution in [-0.4, -0.2) is 35.0 Å². The molecule has 0 unspecified atom stereocenters. The first-order chi connectivity index (χ1) is 8.69. The highest BCUT2D eigenvalue weighted by atomic mass is 16.6. The maximum atomic E-state index is 10.5. The zero-order valence-electron chi connectivity index (χ0n) is 10.00. The van der Waals surface area contributed by atoms with Crippen molar-refractivity contribution in [2.45, 2.75) is 6.54 Å². The molecule has 0 aromatic carbocycles. The zero-order chi connectivity index (χ0) is 13.0. The SMILES string of the molecule is COc1ccc(CN2CCN/C2=C\[N+](=O)[O-])cn1.